The lowest BCUT2D eigenvalue weighted by molar-refractivity contribution is 0.595. The Labute approximate surface area is 319 Å². The van der Waals surface area contributed by atoms with Crippen molar-refractivity contribution in [2.75, 3.05) is 0 Å². The quantitative estimate of drug-likeness (QED) is 0.158. The Bertz CT molecular complexity index is 2880. The Kier molecular flexibility index (Phi) is 7.24. The van der Waals surface area contributed by atoms with E-state index in [-0.39, 0.29) is 10.8 Å². The summed E-state index contributed by atoms with van der Waals surface area (Å²) in [5, 5.41) is 10.7. The lowest BCUT2D eigenvalue weighted by Gasteiger charge is -2.38. The van der Waals surface area contributed by atoms with Crippen LogP contribution in [0.2, 0.25) is 0 Å². The molecule has 54 heavy (non-hydrogen) atoms. The number of fused-ring (bicyclic) bond motifs is 5. The van der Waals surface area contributed by atoms with Crippen LogP contribution < -0.4 is 0 Å². The molecular weight excluding hydrogens is 649 g/mol. The predicted octanol–water partition coefficient (Wildman–Crippen LogP) is 15.4. The summed E-state index contributed by atoms with van der Waals surface area (Å²) >= 11 is 0. The molecule has 11 rings (SSSR count). The van der Waals surface area contributed by atoms with Gasteiger partial charge >= 0.3 is 0 Å². The zero-order valence-electron chi connectivity index (χ0n) is 32.3. The average Bonchev–Trinajstić information content (AvgIpc) is 3.22. The normalized spacial score (nSPS) is 16.0. The molecule has 3 aliphatic rings. The van der Waals surface area contributed by atoms with Crippen LogP contribution in [0.25, 0.3) is 82.0 Å². The van der Waals surface area contributed by atoms with Gasteiger partial charge in [-0.3, -0.25) is 0 Å². The van der Waals surface area contributed by atoms with Gasteiger partial charge in [0.1, 0.15) is 0 Å². The molecule has 0 heterocycles. The minimum atomic E-state index is -0.0941. The van der Waals surface area contributed by atoms with Crippen molar-refractivity contribution in [1.82, 2.24) is 0 Å². The van der Waals surface area contributed by atoms with Gasteiger partial charge in [0.15, 0.2) is 0 Å². The molecule has 262 valence electrons. The smallest absolute Gasteiger partial charge is 0.0159 e. The number of rotatable bonds is 2. The number of benzene rings is 8. The predicted molar refractivity (Wildman–Crippen MR) is 235 cm³/mol. The molecule has 0 N–H and O–H groups in total. The zero-order chi connectivity index (χ0) is 36.9. The van der Waals surface area contributed by atoms with E-state index in [1.165, 1.54) is 104 Å². The third-order valence-electron chi connectivity index (χ3n) is 13.0. The first kappa shape index (κ1) is 32.9. The first-order valence-corrected chi connectivity index (χ1v) is 19.9. The van der Waals surface area contributed by atoms with E-state index >= 15 is 0 Å². The Hall–Kier alpha value is -5.72. The fourth-order valence-corrected chi connectivity index (χ4v) is 10.6. The van der Waals surface area contributed by atoms with Gasteiger partial charge in [0, 0.05) is 10.8 Å². The van der Waals surface area contributed by atoms with Gasteiger partial charge in [0.25, 0.3) is 0 Å². The van der Waals surface area contributed by atoms with Crippen molar-refractivity contribution in [1.29, 1.82) is 0 Å². The largest absolute Gasteiger partial charge is 0.0836 e. The SMILES string of the molecule is CC.CC1(C)C2=C(C=CCC2)c2ccc(-c3c4ccccc4c(-c4ccc5c6c(cccc46)C(C)(C)c4ccccc4-5)c4ccccc34)c3cccc1c23. The Morgan fingerprint density at radius 2 is 0.833 bits per heavy atom. The number of allylic oxidation sites excluding steroid dienone is 4. The average molecular weight is 695 g/mol. The highest BCUT2D eigenvalue weighted by molar-refractivity contribution is 6.26. The molecule has 0 aromatic heterocycles. The van der Waals surface area contributed by atoms with Crippen LogP contribution in [0.1, 0.15) is 76.6 Å². The van der Waals surface area contributed by atoms with Crippen molar-refractivity contribution in [2.24, 2.45) is 0 Å². The molecule has 0 saturated heterocycles. The third kappa shape index (κ3) is 4.32. The van der Waals surface area contributed by atoms with Crippen LogP contribution >= 0.6 is 0 Å². The molecule has 8 aromatic carbocycles. The van der Waals surface area contributed by atoms with E-state index in [1.807, 2.05) is 13.8 Å². The van der Waals surface area contributed by atoms with Crippen molar-refractivity contribution >= 4 is 48.7 Å². The molecule has 0 spiro atoms. The Balaban J connectivity index is 0.00000178. The summed E-state index contributed by atoms with van der Waals surface area (Å²) in [7, 11) is 0. The highest BCUT2D eigenvalue weighted by atomic mass is 14.4. The Morgan fingerprint density at radius 1 is 0.389 bits per heavy atom. The minimum Gasteiger partial charge on any atom is -0.0836 e. The van der Waals surface area contributed by atoms with Crippen LogP contribution in [-0.4, -0.2) is 0 Å². The van der Waals surface area contributed by atoms with Crippen LogP contribution in [0.5, 0.6) is 0 Å². The maximum atomic E-state index is 2.44. The molecule has 0 fully saturated rings. The maximum absolute atomic E-state index is 2.44. The van der Waals surface area contributed by atoms with E-state index in [0.717, 1.165) is 12.8 Å². The monoisotopic (exact) mass is 694 g/mol. The van der Waals surface area contributed by atoms with Crippen LogP contribution in [0.4, 0.5) is 0 Å². The second-order valence-electron chi connectivity index (χ2n) is 16.2. The van der Waals surface area contributed by atoms with Gasteiger partial charge in [0.05, 0.1) is 0 Å². The number of hydrogen-bond donors (Lipinski definition) is 0. The fourth-order valence-electron chi connectivity index (χ4n) is 10.6. The van der Waals surface area contributed by atoms with Gasteiger partial charge in [0.2, 0.25) is 0 Å². The molecule has 3 aliphatic carbocycles. The van der Waals surface area contributed by atoms with E-state index in [2.05, 4.69) is 173 Å². The molecule has 0 amide bonds. The molecule has 0 heteroatoms. The molecular formula is C54H46. The molecule has 0 saturated carbocycles. The fraction of sp³-hybridized carbons (Fsp3) is 0.185. The maximum Gasteiger partial charge on any atom is 0.0159 e. The number of hydrogen-bond acceptors (Lipinski definition) is 0. The highest BCUT2D eigenvalue weighted by Gasteiger charge is 2.36. The molecule has 0 nitrogen and oxygen atoms in total. The highest BCUT2D eigenvalue weighted by Crippen LogP contribution is 2.55. The van der Waals surface area contributed by atoms with Crippen LogP contribution in [0, 0.1) is 0 Å². The van der Waals surface area contributed by atoms with Gasteiger partial charge in [-0.15, -0.1) is 0 Å². The van der Waals surface area contributed by atoms with Crippen molar-refractivity contribution < 1.29 is 0 Å². The van der Waals surface area contributed by atoms with E-state index in [9.17, 15) is 0 Å². The van der Waals surface area contributed by atoms with E-state index in [1.54, 1.807) is 5.57 Å². The summed E-state index contributed by atoms with van der Waals surface area (Å²) < 4.78 is 0. The Morgan fingerprint density at radius 3 is 1.43 bits per heavy atom. The van der Waals surface area contributed by atoms with E-state index in [4.69, 9.17) is 0 Å². The lowest BCUT2D eigenvalue weighted by atomic mass is 9.65. The molecule has 8 aromatic rings. The second-order valence-corrected chi connectivity index (χ2v) is 16.2. The van der Waals surface area contributed by atoms with Gasteiger partial charge < -0.3 is 0 Å². The molecule has 0 unspecified atom stereocenters. The van der Waals surface area contributed by atoms with Gasteiger partial charge in [-0.1, -0.05) is 193 Å². The summed E-state index contributed by atoms with van der Waals surface area (Å²) in [6.07, 6.45) is 7.02. The standard InChI is InChI=1S/C52H40.C2H6/c1-51(2)43-23-11-9-15-31(43)39-27-29-41(37-21-13-25-45(51)49(37)39)47-33-17-5-7-19-35(33)48(36-20-8-6-18-34(36)47)42-30-28-40-32-16-10-12-24-44(32)52(3,4)46-26-14-22-38(42)50(40)46;1-2/h5-11,13-23,25-30H,12,24H2,1-4H3;1-2H3. The van der Waals surface area contributed by atoms with Gasteiger partial charge in [-0.05, 0) is 117 Å². The van der Waals surface area contributed by atoms with Crippen molar-refractivity contribution in [2.45, 2.75) is 65.2 Å². The molecule has 0 bridgehead atoms. The van der Waals surface area contributed by atoms with E-state index < -0.39 is 0 Å². The van der Waals surface area contributed by atoms with Crippen molar-refractivity contribution in [3.05, 3.63) is 173 Å². The first-order valence-electron chi connectivity index (χ1n) is 19.9. The topological polar surface area (TPSA) is 0 Å². The van der Waals surface area contributed by atoms with E-state index in [0.29, 0.717) is 0 Å². The summed E-state index contributed by atoms with van der Waals surface area (Å²) in [4.78, 5) is 0. The summed E-state index contributed by atoms with van der Waals surface area (Å²) in [6.45, 7) is 13.6. The molecule has 0 aliphatic heterocycles. The third-order valence-corrected chi connectivity index (χ3v) is 13.0. The first-order chi connectivity index (χ1) is 26.4. The van der Waals surface area contributed by atoms with Gasteiger partial charge in [-0.25, -0.2) is 0 Å². The summed E-state index contributed by atoms with van der Waals surface area (Å²) in [6, 6.07) is 51.0. The second kappa shape index (κ2) is 11.9. The van der Waals surface area contributed by atoms with Crippen molar-refractivity contribution in [3.8, 4) is 33.4 Å². The van der Waals surface area contributed by atoms with Crippen LogP contribution in [0.3, 0.4) is 0 Å². The molecule has 0 atom stereocenters. The van der Waals surface area contributed by atoms with Crippen LogP contribution in [0.15, 0.2) is 151 Å². The van der Waals surface area contributed by atoms with Gasteiger partial charge in [-0.2, -0.15) is 0 Å². The lowest BCUT2D eigenvalue weighted by Crippen LogP contribution is -2.26. The summed E-state index contributed by atoms with van der Waals surface area (Å²) in [5.41, 5.74) is 16.5. The summed E-state index contributed by atoms with van der Waals surface area (Å²) in [5.74, 6) is 0. The van der Waals surface area contributed by atoms with Crippen molar-refractivity contribution in [3.63, 3.8) is 0 Å². The zero-order valence-corrected chi connectivity index (χ0v) is 32.3. The molecule has 0 radical (unpaired) electrons. The minimum absolute atomic E-state index is 0.0110. The van der Waals surface area contributed by atoms with Crippen LogP contribution in [-0.2, 0) is 10.8 Å².